The fraction of sp³-hybridized carbons (Fsp3) is 0.440. The summed E-state index contributed by atoms with van der Waals surface area (Å²) in [6, 6.07) is 14.3. The molecule has 4 nitrogen and oxygen atoms in total. The number of hydrogen-bond acceptors (Lipinski definition) is 4. The van der Waals surface area contributed by atoms with Crippen LogP contribution in [0.2, 0.25) is 0 Å². The van der Waals surface area contributed by atoms with Crippen LogP contribution in [0.25, 0.3) is 0 Å². The Kier molecular flexibility index (Phi) is 7.45. The smallest absolute Gasteiger partial charge is 0.343 e. The molecule has 0 bridgehead atoms. The minimum Gasteiger partial charge on any atom is -0.427 e. The normalized spacial score (nSPS) is 18.8. The fourth-order valence-electron chi connectivity index (χ4n) is 3.73. The summed E-state index contributed by atoms with van der Waals surface area (Å²) < 4.78 is 10.7. The molecule has 29 heavy (non-hydrogen) atoms. The molecule has 2 aromatic carbocycles. The topological polar surface area (TPSA) is 52.6 Å². The number of hydrogen-bond donors (Lipinski definition) is 0. The molecule has 0 heterocycles. The zero-order valence-electron chi connectivity index (χ0n) is 17.4. The molecular weight excluding hydrogens is 364 g/mol. The fourth-order valence-corrected chi connectivity index (χ4v) is 3.73. The first-order chi connectivity index (χ1) is 14.0. The molecule has 0 aromatic heterocycles. The molecule has 0 spiro atoms. The van der Waals surface area contributed by atoms with Crippen LogP contribution in [0.4, 0.5) is 0 Å². The van der Waals surface area contributed by atoms with Gasteiger partial charge in [0.2, 0.25) is 0 Å². The minimum atomic E-state index is -0.387. The van der Waals surface area contributed by atoms with Crippen molar-refractivity contribution in [1.82, 2.24) is 0 Å². The van der Waals surface area contributed by atoms with Gasteiger partial charge in [0.05, 0.1) is 5.56 Å². The van der Waals surface area contributed by atoms with E-state index in [1.165, 1.54) is 31.2 Å². The molecule has 0 aliphatic heterocycles. The summed E-state index contributed by atoms with van der Waals surface area (Å²) in [5.41, 5.74) is 1.84. The van der Waals surface area contributed by atoms with Gasteiger partial charge in [-0.1, -0.05) is 45.2 Å². The number of ether oxygens (including phenoxy) is 2. The molecule has 4 heteroatoms. The van der Waals surface area contributed by atoms with Crippen LogP contribution in [0.5, 0.6) is 11.5 Å². The molecule has 0 radical (unpaired) electrons. The van der Waals surface area contributed by atoms with Crippen molar-refractivity contribution in [2.45, 2.75) is 64.7 Å². The van der Waals surface area contributed by atoms with Crippen LogP contribution in [-0.2, 0) is 4.79 Å². The molecule has 0 N–H and O–H groups in total. The Morgan fingerprint density at radius 1 is 0.862 bits per heavy atom. The SMILES string of the molecule is CCCCC(=O)Oc1ccc(OC(=O)c2ccc(C3CCC(C)CC3)cc2)cc1. The molecule has 154 valence electrons. The first kappa shape index (κ1) is 21.1. The quantitative estimate of drug-likeness (QED) is 0.409. The van der Waals surface area contributed by atoms with Gasteiger partial charge in [-0.05, 0) is 73.1 Å². The van der Waals surface area contributed by atoms with Gasteiger partial charge in [0.15, 0.2) is 0 Å². The van der Waals surface area contributed by atoms with Gasteiger partial charge in [-0.15, -0.1) is 0 Å². The third-order valence-electron chi connectivity index (χ3n) is 5.63. The van der Waals surface area contributed by atoms with Crippen molar-refractivity contribution in [3.8, 4) is 11.5 Å². The second-order valence-corrected chi connectivity index (χ2v) is 8.02. The van der Waals surface area contributed by atoms with Crippen molar-refractivity contribution in [3.63, 3.8) is 0 Å². The van der Waals surface area contributed by atoms with E-state index in [2.05, 4.69) is 19.1 Å². The molecule has 1 saturated carbocycles. The molecule has 3 rings (SSSR count). The highest BCUT2D eigenvalue weighted by Gasteiger charge is 2.20. The van der Waals surface area contributed by atoms with Crippen LogP contribution in [0, 0.1) is 5.92 Å². The molecule has 0 amide bonds. The maximum Gasteiger partial charge on any atom is 0.343 e. The monoisotopic (exact) mass is 394 g/mol. The maximum absolute atomic E-state index is 12.4. The molecule has 2 aromatic rings. The van der Waals surface area contributed by atoms with Crippen LogP contribution in [0.3, 0.4) is 0 Å². The maximum atomic E-state index is 12.4. The second-order valence-electron chi connectivity index (χ2n) is 8.02. The molecule has 0 atom stereocenters. The summed E-state index contributed by atoms with van der Waals surface area (Å²) in [7, 11) is 0. The van der Waals surface area contributed by atoms with Gasteiger partial charge < -0.3 is 9.47 Å². The van der Waals surface area contributed by atoms with Crippen LogP contribution in [0.1, 0.15) is 80.6 Å². The lowest BCUT2D eigenvalue weighted by molar-refractivity contribution is -0.134. The largest absolute Gasteiger partial charge is 0.427 e. The summed E-state index contributed by atoms with van der Waals surface area (Å²) in [4.78, 5) is 24.1. The van der Waals surface area contributed by atoms with Crippen LogP contribution in [0.15, 0.2) is 48.5 Å². The van der Waals surface area contributed by atoms with E-state index in [-0.39, 0.29) is 11.9 Å². The van der Waals surface area contributed by atoms with Crippen molar-refractivity contribution >= 4 is 11.9 Å². The lowest BCUT2D eigenvalue weighted by atomic mass is 9.79. The average Bonchev–Trinajstić information content (AvgIpc) is 2.74. The Bertz CT molecular complexity index is 800. The highest BCUT2D eigenvalue weighted by molar-refractivity contribution is 5.91. The summed E-state index contributed by atoms with van der Waals surface area (Å²) in [5, 5.41) is 0. The van der Waals surface area contributed by atoms with E-state index in [1.807, 2.05) is 19.1 Å². The Morgan fingerprint density at radius 2 is 1.45 bits per heavy atom. The van der Waals surface area contributed by atoms with Crippen LogP contribution < -0.4 is 9.47 Å². The molecule has 1 aliphatic carbocycles. The van der Waals surface area contributed by atoms with E-state index < -0.39 is 0 Å². The minimum absolute atomic E-state index is 0.246. The van der Waals surface area contributed by atoms with Gasteiger partial charge in [0.25, 0.3) is 0 Å². The van der Waals surface area contributed by atoms with Crippen molar-refractivity contribution in [2.75, 3.05) is 0 Å². The molecule has 0 unspecified atom stereocenters. The molecular formula is C25H30O4. The van der Waals surface area contributed by atoms with Gasteiger partial charge in [-0.3, -0.25) is 4.79 Å². The van der Waals surface area contributed by atoms with E-state index >= 15 is 0 Å². The third kappa shape index (κ3) is 6.18. The molecule has 1 aliphatic rings. The highest BCUT2D eigenvalue weighted by Crippen LogP contribution is 2.35. The van der Waals surface area contributed by atoms with Gasteiger partial charge in [0.1, 0.15) is 11.5 Å². The first-order valence-corrected chi connectivity index (χ1v) is 10.7. The van der Waals surface area contributed by atoms with Gasteiger partial charge >= 0.3 is 11.9 Å². The Hall–Kier alpha value is -2.62. The standard InChI is InChI=1S/C25H30O4/c1-3-4-5-24(26)28-22-14-16-23(17-15-22)29-25(27)21-12-10-20(11-13-21)19-8-6-18(2)7-9-19/h10-19H,3-9H2,1-2H3. The zero-order chi connectivity index (χ0) is 20.6. The van der Waals surface area contributed by atoms with Crippen molar-refractivity contribution in [1.29, 1.82) is 0 Å². The Balaban J connectivity index is 1.54. The average molecular weight is 395 g/mol. The van der Waals surface area contributed by atoms with Gasteiger partial charge in [0, 0.05) is 6.42 Å². The summed E-state index contributed by atoms with van der Waals surface area (Å²) >= 11 is 0. The Labute approximate surface area is 173 Å². The number of rotatable bonds is 7. The van der Waals surface area contributed by atoms with Gasteiger partial charge in [-0.25, -0.2) is 4.79 Å². The number of unbranched alkanes of at least 4 members (excludes halogenated alkanes) is 1. The van der Waals surface area contributed by atoms with E-state index in [0.29, 0.717) is 29.4 Å². The van der Waals surface area contributed by atoms with E-state index in [0.717, 1.165) is 18.8 Å². The second kappa shape index (κ2) is 10.2. The van der Waals surface area contributed by atoms with E-state index in [4.69, 9.17) is 9.47 Å². The highest BCUT2D eigenvalue weighted by atomic mass is 16.5. The molecule has 0 saturated heterocycles. The number of esters is 2. The Morgan fingerprint density at radius 3 is 2.03 bits per heavy atom. The number of benzene rings is 2. The van der Waals surface area contributed by atoms with Crippen LogP contribution in [-0.4, -0.2) is 11.9 Å². The first-order valence-electron chi connectivity index (χ1n) is 10.7. The van der Waals surface area contributed by atoms with Crippen molar-refractivity contribution in [3.05, 3.63) is 59.7 Å². The van der Waals surface area contributed by atoms with Crippen molar-refractivity contribution in [2.24, 2.45) is 5.92 Å². The third-order valence-corrected chi connectivity index (χ3v) is 5.63. The summed E-state index contributed by atoms with van der Waals surface area (Å²) in [6.07, 6.45) is 7.17. The van der Waals surface area contributed by atoms with Crippen LogP contribution >= 0.6 is 0 Å². The lowest BCUT2D eigenvalue weighted by Gasteiger charge is -2.26. The lowest BCUT2D eigenvalue weighted by Crippen LogP contribution is -2.12. The summed E-state index contributed by atoms with van der Waals surface area (Å²) in [5.74, 6) is 1.67. The predicted octanol–water partition coefficient (Wildman–Crippen LogP) is 6.30. The van der Waals surface area contributed by atoms with E-state index in [9.17, 15) is 9.59 Å². The number of carbonyl (C=O) groups is 2. The van der Waals surface area contributed by atoms with Gasteiger partial charge in [-0.2, -0.15) is 0 Å². The van der Waals surface area contributed by atoms with E-state index in [1.54, 1.807) is 24.3 Å². The van der Waals surface area contributed by atoms with Crippen molar-refractivity contribution < 1.29 is 19.1 Å². The number of carbonyl (C=O) groups excluding carboxylic acids is 2. The predicted molar refractivity (Wildman–Crippen MR) is 113 cm³/mol. The zero-order valence-corrected chi connectivity index (χ0v) is 17.4. The molecule has 1 fully saturated rings. The summed E-state index contributed by atoms with van der Waals surface area (Å²) in [6.45, 7) is 4.35.